The number of aromatic amines is 1. The molecule has 1 aliphatic rings. The van der Waals surface area contributed by atoms with Gasteiger partial charge in [-0.15, -0.1) is 0 Å². The van der Waals surface area contributed by atoms with E-state index in [-0.39, 0.29) is 5.56 Å². The molecule has 1 aliphatic carbocycles. The highest BCUT2D eigenvalue weighted by Gasteiger charge is 2.29. The first-order valence-electron chi connectivity index (χ1n) is 6.31. The molecule has 0 aromatic carbocycles. The second-order valence-electron chi connectivity index (χ2n) is 4.83. The van der Waals surface area contributed by atoms with Crippen molar-refractivity contribution in [2.24, 2.45) is 11.7 Å². The predicted octanol–water partition coefficient (Wildman–Crippen LogP) is 1.33. The van der Waals surface area contributed by atoms with Gasteiger partial charge in [0.25, 0.3) is 5.56 Å². The standard InChI is InChI=1S/C12H19IN4O/c1-17(9-5-3-2-4-8(9)6-14)11-10(13)12(18)16-7-15-11/h7-9H,2-6,14H2,1H3,(H,15,16,18). The number of H-pyrrole nitrogens is 1. The molecule has 100 valence electrons. The van der Waals surface area contributed by atoms with Crippen molar-refractivity contribution in [3.05, 3.63) is 20.3 Å². The zero-order chi connectivity index (χ0) is 13.1. The number of nitrogens with zero attached hydrogens (tertiary/aromatic N) is 2. The quantitative estimate of drug-likeness (QED) is 0.796. The van der Waals surface area contributed by atoms with Crippen LogP contribution in [0.3, 0.4) is 0 Å². The fraction of sp³-hybridized carbons (Fsp3) is 0.667. The molecule has 1 saturated carbocycles. The van der Waals surface area contributed by atoms with Gasteiger partial charge in [-0.25, -0.2) is 4.98 Å². The van der Waals surface area contributed by atoms with Crippen LogP contribution in [0.15, 0.2) is 11.1 Å². The highest BCUT2D eigenvalue weighted by molar-refractivity contribution is 14.1. The third kappa shape index (κ3) is 2.69. The van der Waals surface area contributed by atoms with Crippen molar-refractivity contribution < 1.29 is 0 Å². The summed E-state index contributed by atoms with van der Waals surface area (Å²) in [7, 11) is 2.02. The third-order valence-corrected chi connectivity index (χ3v) is 4.75. The molecule has 2 atom stereocenters. The van der Waals surface area contributed by atoms with Gasteiger partial charge in [-0.1, -0.05) is 12.8 Å². The van der Waals surface area contributed by atoms with Crippen LogP contribution in [0.4, 0.5) is 5.82 Å². The Hall–Kier alpha value is -0.630. The lowest BCUT2D eigenvalue weighted by Crippen LogP contribution is -2.44. The molecule has 0 amide bonds. The highest BCUT2D eigenvalue weighted by Crippen LogP contribution is 2.30. The largest absolute Gasteiger partial charge is 0.355 e. The molecule has 2 rings (SSSR count). The van der Waals surface area contributed by atoms with E-state index in [2.05, 4.69) is 37.5 Å². The van der Waals surface area contributed by atoms with Gasteiger partial charge in [-0.05, 0) is 47.9 Å². The maximum Gasteiger partial charge on any atom is 0.266 e. The van der Waals surface area contributed by atoms with E-state index < -0.39 is 0 Å². The van der Waals surface area contributed by atoms with Crippen molar-refractivity contribution in [3.8, 4) is 0 Å². The van der Waals surface area contributed by atoms with Gasteiger partial charge in [0.2, 0.25) is 0 Å². The molecule has 1 heterocycles. The van der Waals surface area contributed by atoms with E-state index in [1.54, 1.807) is 0 Å². The molecule has 5 nitrogen and oxygen atoms in total. The van der Waals surface area contributed by atoms with Gasteiger partial charge in [0.1, 0.15) is 9.39 Å². The van der Waals surface area contributed by atoms with Crippen LogP contribution in [0.25, 0.3) is 0 Å². The Balaban J connectivity index is 2.26. The molecule has 18 heavy (non-hydrogen) atoms. The summed E-state index contributed by atoms with van der Waals surface area (Å²) in [6, 6.07) is 0.395. The van der Waals surface area contributed by atoms with Crippen molar-refractivity contribution in [2.75, 3.05) is 18.5 Å². The molecule has 1 aromatic heterocycles. The Morgan fingerprint density at radius 3 is 3.00 bits per heavy atom. The lowest BCUT2D eigenvalue weighted by atomic mass is 9.84. The first-order chi connectivity index (χ1) is 8.65. The highest BCUT2D eigenvalue weighted by atomic mass is 127. The maximum absolute atomic E-state index is 11.6. The van der Waals surface area contributed by atoms with Gasteiger partial charge in [0, 0.05) is 13.1 Å². The van der Waals surface area contributed by atoms with Gasteiger partial charge in [0.15, 0.2) is 0 Å². The van der Waals surface area contributed by atoms with Crippen molar-refractivity contribution >= 4 is 28.4 Å². The first kappa shape index (κ1) is 13.8. The number of anilines is 1. The van der Waals surface area contributed by atoms with Crippen LogP contribution in [0, 0.1) is 9.49 Å². The Morgan fingerprint density at radius 2 is 2.28 bits per heavy atom. The molecule has 0 radical (unpaired) electrons. The average molecular weight is 362 g/mol. The minimum absolute atomic E-state index is 0.0763. The Morgan fingerprint density at radius 1 is 1.56 bits per heavy atom. The van der Waals surface area contributed by atoms with Crippen LogP contribution in [0.2, 0.25) is 0 Å². The van der Waals surface area contributed by atoms with E-state index in [0.717, 1.165) is 12.2 Å². The van der Waals surface area contributed by atoms with Crippen LogP contribution < -0.4 is 16.2 Å². The molecule has 0 spiro atoms. The van der Waals surface area contributed by atoms with Crippen molar-refractivity contribution in [1.29, 1.82) is 0 Å². The second kappa shape index (κ2) is 6.01. The number of halogens is 1. The third-order valence-electron chi connectivity index (χ3n) is 3.78. The van der Waals surface area contributed by atoms with E-state index in [9.17, 15) is 4.79 Å². The van der Waals surface area contributed by atoms with Gasteiger partial charge >= 0.3 is 0 Å². The summed E-state index contributed by atoms with van der Waals surface area (Å²) in [6.07, 6.45) is 6.25. The molecule has 0 bridgehead atoms. The summed E-state index contributed by atoms with van der Waals surface area (Å²) in [6.45, 7) is 0.703. The summed E-state index contributed by atoms with van der Waals surface area (Å²) in [5, 5.41) is 0. The number of nitrogens with two attached hydrogens (primary N) is 1. The van der Waals surface area contributed by atoms with E-state index in [1.807, 2.05) is 7.05 Å². The van der Waals surface area contributed by atoms with E-state index in [1.165, 1.54) is 25.6 Å². The van der Waals surface area contributed by atoms with Crippen LogP contribution in [0.1, 0.15) is 25.7 Å². The number of rotatable bonds is 3. The minimum atomic E-state index is -0.0763. The fourth-order valence-corrected chi connectivity index (χ4v) is 3.42. The number of hydrogen-bond donors (Lipinski definition) is 2. The summed E-state index contributed by atoms with van der Waals surface area (Å²) in [4.78, 5) is 20.7. The SMILES string of the molecule is CN(c1nc[nH]c(=O)c1I)C1CCCCC1CN. The summed E-state index contributed by atoms with van der Waals surface area (Å²) in [5.74, 6) is 1.27. The van der Waals surface area contributed by atoms with Gasteiger partial charge in [-0.2, -0.15) is 0 Å². The maximum atomic E-state index is 11.6. The normalized spacial score (nSPS) is 23.9. The second-order valence-corrected chi connectivity index (χ2v) is 5.91. The molecule has 3 N–H and O–H groups in total. The Labute approximate surface area is 120 Å². The number of hydrogen-bond acceptors (Lipinski definition) is 4. The average Bonchev–Trinajstić information content (AvgIpc) is 2.41. The molecular formula is C12H19IN4O. The molecular weight excluding hydrogens is 343 g/mol. The van der Waals surface area contributed by atoms with Crippen LogP contribution >= 0.6 is 22.6 Å². The molecule has 6 heteroatoms. The molecule has 1 fully saturated rings. The molecule has 1 aromatic rings. The van der Waals surface area contributed by atoms with E-state index in [0.29, 0.717) is 22.1 Å². The summed E-state index contributed by atoms with van der Waals surface area (Å²) < 4.78 is 0.652. The van der Waals surface area contributed by atoms with Crippen molar-refractivity contribution in [1.82, 2.24) is 9.97 Å². The van der Waals surface area contributed by atoms with Crippen LogP contribution in [-0.4, -0.2) is 29.6 Å². The van der Waals surface area contributed by atoms with Crippen molar-refractivity contribution in [3.63, 3.8) is 0 Å². The topological polar surface area (TPSA) is 75.0 Å². The smallest absolute Gasteiger partial charge is 0.266 e. The van der Waals surface area contributed by atoms with Crippen LogP contribution in [-0.2, 0) is 0 Å². The zero-order valence-electron chi connectivity index (χ0n) is 10.5. The van der Waals surface area contributed by atoms with Gasteiger partial charge in [-0.3, -0.25) is 4.79 Å². The number of aromatic nitrogens is 2. The lowest BCUT2D eigenvalue weighted by Gasteiger charge is -2.38. The van der Waals surface area contributed by atoms with Gasteiger partial charge in [0.05, 0.1) is 6.33 Å². The molecule has 2 unspecified atom stereocenters. The minimum Gasteiger partial charge on any atom is -0.355 e. The lowest BCUT2D eigenvalue weighted by molar-refractivity contribution is 0.305. The fourth-order valence-electron chi connectivity index (χ4n) is 2.75. The van der Waals surface area contributed by atoms with Gasteiger partial charge < -0.3 is 15.6 Å². The Bertz CT molecular complexity index is 462. The Kier molecular flexibility index (Phi) is 4.60. The predicted molar refractivity (Wildman–Crippen MR) is 80.8 cm³/mol. The first-order valence-corrected chi connectivity index (χ1v) is 7.39. The summed E-state index contributed by atoms with van der Waals surface area (Å²) in [5.41, 5.74) is 5.78. The molecule has 0 saturated heterocycles. The monoisotopic (exact) mass is 362 g/mol. The number of nitrogens with one attached hydrogen (secondary N) is 1. The van der Waals surface area contributed by atoms with Crippen molar-refractivity contribution in [2.45, 2.75) is 31.7 Å². The van der Waals surface area contributed by atoms with E-state index >= 15 is 0 Å². The molecule has 0 aliphatic heterocycles. The van der Waals surface area contributed by atoms with E-state index in [4.69, 9.17) is 5.73 Å². The zero-order valence-corrected chi connectivity index (χ0v) is 12.7. The van der Waals surface area contributed by atoms with Crippen LogP contribution in [0.5, 0.6) is 0 Å². The summed E-state index contributed by atoms with van der Waals surface area (Å²) >= 11 is 2.06.